The third-order valence-electron chi connectivity index (χ3n) is 5.93. The van der Waals surface area contributed by atoms with Crippen molar-refractivity contribution in [3.05, 3.63) is 107 Å². The van der Waals surface area contributed by atoms with E-state index in [1.165, 1.54) is 12.1 Å². The lowest BCUT2D eigenvalue weighted by Gasteiger charge is -2.20. The smallest absolute Gasteiger partial charge is 0.399 e. The third kappa shape index (κ3) is 6.43. The van der Waals surface area contributed by atoms with Crippen LogP contribution in [0.5, 0.6) is 0 Å². The summed E-state index contributed by atoms with van der Waals surface area (Å²) < 4.78 is 112. The Morgan fingerprint density at radius 2 is 0.905 bits per heavy atom. The molecule has 0 unspecified atom stereocenters. The molecule has 0 atom stereocenters. The van der Waals surface area contributed by atoms with Gasteiger partial charge in [0.2, 0.25) is 0 Å². The number of carbonyl (C=O) groups is 2. The van der Waals surface area contributed by atoms with Gasteiger partial charge in [0.25, 0.3) is 11.8 Å². The van der Waals surface area contributed by atoms with Crippen LogP contribution in [0.25, 0.3) is 11.1 Å². The molecule has 0 bridgehead atoms. The van der Waals surface area contributed by atoms with Gasteiger partial charge in [-0.15, -0.1) is 0 Å². The Kier molecular flexibility index (Phi) is 7.83. The van der Waals surface area contributed by atoms with Crippen molar-refractivity contribution in [1.82, 2.24) is 0 Å². The molecule has 0 aromatic heterocycles. The molecule has 0 aliphatic carbocycles. The molecule has 14 heteroatoms. The molecule has 42 heavy (non-hydrogen) atoms. The van der Waals surface area contributed by atoms with Crippen LogP contribution in [0.3, 0.4) is 0 Å². The number of nitrogen functional groups attached to an aromatic ring is 2. The lowest BCUT2D eigenvalue weighted by Crippen LogP contribution is -2.17. The molecule has 6 nitrogen and oxygen atoms in total. The molecule has 0 radical (unpaired) electrons. The minimum Gasteiger partial charge on any atom is -0.399 e. The minimum absolute atomic E-state index is 0.00349. The summed E-state index contributed by atoms with van der Waals surface area (Å²) in [6.07, 6.45) is -10.4. The van der Waals surface area contributed by atoms with Crippen molar-refractivity contribution >= 4 is 34.6 Å². The van der Waals surface area contributed by atoms with Crippen molar-refractivity contribution in [2.75, 3.05) is 22.1 Å². The van der Waals surface area contributed by atoms with Crippen LogP contribution in [0.4, 0.5) is 57.9 Å². The molecule has 4 rings (SSSR count). The number of amides is 2. The fraction of sp³-hybridized carbons (Fsp3) is 0.0714. The zero-order valence-corrected chi connectivity index (χ0v) is 20.9. The van der Waals surface area contributed by atoms with Crippen LogP contribution in [0, 0.1) is 11.6 Å². The summed E-state index contributed by atoms with van der Waals surface area (Å²) in [6.45, 7) is 0. The molecule has 4 aromatic carbocycles. The van der Waals surface area contributed by atoms with Gasteiger partial charge in [0, 0.05) is 22.7 Å². The average molecular weight is 594 g/mol. The lowest BCUT2D eigenvalue weighted by molar-refractivity contribution is -0.139. The maximum absolute atomic E-state index is 14.1. The lowest BCUT2D eigenvalue weighted by atomic mass is 9.93. The number of alkyl halides is 6. The molecule has 0 fully saturated rings. The number of carbonyl (C=O) groups excluding carboxylic acids is 2. The number of nitrogens with two attached hydrogens (primary N) is 2. The van der Waals surface area contributed by atoms with Gasteiger partial charge >= 0.3 is 12.4 Å². The molecule has 0 saturated heterocycles. The summed E-state index contributed by atoms with van der Waals surface area (Å²) in [5.74, 6) is -4.33. The van der Waals surface area contributed by atoms with Crippen LogP contribution in [-0.2, 0) is 12.4 Å². The molecular formula is C28H18F8N4O2. The average Bonchev–Trinajstić information content (AvgIpc) is 2.87. The quantitative estimate of drug-likeness (QED) is 0.143. The topological polar surface area (TPSA) is 110 Å². The largest absolute Gasteiger partial charge is 0.417 e. The number of rotatable bonds is 5. The van der Waals surface area contributed by atoms with Gasteiger partial charge in [-0.1, -0.05) is 12.1 Å². The second-order valence-corrected chi connectivity index (χ2v) is 8.90. The zero-order chi connectivity index (χ0) is 31.0. The van der Waals surface area contributed by atoms with Crippen molar-refractivity contribution < 1.29 is 44.7 Å². The van der Waals surface area contributed by atoms with Gasteiger partial charge in [-0.25, -0.2) is 8.78 Å². The van der Waals surface area contributed by atoms with E-state index in [2.05, 4.69) is 10.6 Å². The maximum atomic E-state index is 14.1. The highest BCUT2D eigenvalue weighted by atomic mass is 19.4. The predicted molar refractivity (Wildman–Crippen MR) is 139 cm³/mol. The summed E-state index contributed by atoms with van der Waals surface area (Å²) in [6, 6.07) is 10.1. The monoisotopic (exact) mass is 594 g/mol. The molecule has 0 saturated carbocycles. The summed E-state index contributed by atoms with van der Waals surface area (Å²) >= 11 is 0. The van der Waals surface area contributed by atoms with Crippen molar-refractivity contribution in [1.29, 1.82) is 0 Å². The van der Waals surface area contributed by atoms with Gasteiger partial charge in [-0.3, -0.25) is 9.59 Å². The van der Waals surface area contributed by atoms with E-state index in [4.69, 9.17) is 11.5 Å². The van der Waals surface area contributed by atoms with Gasteiger partial charge < -0.3 is 22.1 Å². The highest BCUT2D eigenvalue weighted by Gasteiger charge is 2.39. The van der Waals surface area contributed by atoms with E-state index in [0.29, 0.717) is 24.3 Å². The highest BCUT2D eigenvalue weighted by Crippen LogP contribution is 2.44. The second-order valence-electron chi connectivity index (χ2n) is 8.90. The SMILES string of the molecule is Nc1ccc(C(=O)Nc2ccc(-c3ccc(NC(=O)c4ccc(N)cc4F)cc3C(F)(F)F)c(C(F)(F)F)c2)c(F)c1. The van der Waals surface area contributed by atoms with Crippen molar-refractivity contribution in [2.24, 2.45) is 0 Å². The van der Waals surface area contributed by atoms with Gasteiger partial charge in [-0.2, -0.15) is 26.3 Å². The molecule has 0 aliphatic rings. The number of hydrogen-bond acceptors (Lipinski definition) is 4. The first-order valence-corrected chi connectivity index (χ1v) is 11.7. The zero-order valence-electron chi connectivity index (χ0n) is 20.9. The van der Waals surface area contributed by atoms with Crippen LogP contribution < -0.4 is 22.1 Å². The van der Waals surface area contributed by atoms with E-state index < -0.39 is 80.6 Å². The van der Waals surface area contributed by atoms with Gasteiger partial charge in [-0.05, 0) is 71.8 Å². The van der Waals surface area contributed by atoms with Gasteiger partial charge in [0.05, 0.1) is 22.3 Å². The van der Waals surface area contributed by atoms with Crippen LogP contribution >= 0.6 is 0 Å². The second kappa shape index (κ2) is 11.0. The third-order valence-corrected chi connectivity index (χ3v) is 5.93. The summed E-state index contributed by atoms with van der Waals surface area (Å²) in [5.41, 5.74) is 3.95. The first kappa shape index (κ1) is 29.8. The summed E-state index contributed by atoms with van der Waals surface area (Å²) in [4.78, 5) is 24.9. The Hall–Kier alpha value is -5.14. The number of nitrogens with one attached hydrogen (secondary N) is 2. The van der Waals surface area contributed by atoms with Crippen LogP contribution in [0.1, 0.15) is 31.8 Å². The predicted octanol–water partition coefficient (Wildman–Crippen LogP) is 7.34. The van der Waals surface area contributed by atoms with Crippen LogP contribution in [-0.4, -0.2) is 11.8 Å². The Morgan fingerprint density at radius 3 is 1.21 bits per heavy atom. The molecule has 4 aromatic rings. The molecular weight excluding hydrogens is 576 g/mol. The molecule has 218 valence electrons. The van der Waals surface area contributed by atoms with Crippen molar-refractivity contribution in [3.8, 4) is 11.1 Å². The Morgan fingerprint density at radius 1 is 0.548 bits per heavy atom. The standard InChI is InChI=1S/C28H18F8N4O2/c29-23-9-13(37)1-5-19(23)25(41)39-15-3-7-17(21(11-15)27(31,32)33)18-8-4-16(12-22(18)28(34,35)36)40-26(42)20-6-2-14(38)10-24(20)30/h1-12H,37-38H2,(H,39,41)(H,40,42). The highest BCUT2D eigenvalue weighted by molar-refractivity contribution is 6.05. The van der Waals surface area contributed by atoms with E-state index in [1.54, 1.807) is 0 Å². The van der Waals surface area contributed by atoms with Crippen molar-refractivity contribution in [3.63, 3.8) is 0 Å². The minimum atomic E-state index is -5.19. The fourth-order valence-electron chi connectivity index (χ4n) is 4.01. The number of benzene rings is 4. The van der Waals surface area contributed by atoms with Crippen molar-refractivity contribution in [2.45, 2.75) is 12.4 Å². The van der Waals surface area contributed by atoms with E-state index in [1.807, 2.05) is 0 Å². The number of hydrogen-bond donors (Lipinski definition) is 4. The van der Waals surface area contributed by atoms with E-state index in [0.717, 1.165) is 36.4 Å². The Labute approximate surface area is 231 Å². The van der Waals surface area contributed by atoms with Gasteiger partial charge in [0.1, 0.15) is 11.6 Å². The molecule has 0 heterocycles. The molecule has 2 amide bonds. The normalized spacial score (nSPS) is 11.7. The van der Waals surface area contributed by atoms with E-state index in [9.17, 15) is 44.7 Å². The summed E-state index contributed by atoms with van der Waals surface area (Å²) in [5, 5.41) is 4.16. The van der Waals surface area contributed by atoms with Gasteiger partial charge in [0.15, 0.2) is 0 Å². The molecule has 6 N–H and O–H groups in total. The first-order valence-electron chi connectivity index (χ1n) is 11.7. The number of anilines is 4. The summed E-state index contributed by atoms with van der Waals surface area (Å²) in [7, 11) is 0. The maximum Gasteiger partial charge on any atom is 0.417 e. The molecule has 0 spiro atoms. The van der Waals surface area contributed by atoms with Crippen LogP contribution in [0.2, 0.25) is 0 Å². The number of halogens is 8. The Bertz CT molecular complexity index is 1580. The van der Waals surface area contributed by atoms with Crippen LogP contribution in [0.15, 0.2) is 72.8 Å². The Balaban J connectivity index is 1.73. The fourth-order valence-corrected chi connectivity index (χ4v) is 4.01. The van der Waals surface area contributed by atoms with E-state index >= 15 is 0 Å². The molecule has 0 aliphatic heterocycles. The first-order chi connectivity index (χ1) is 19.5. The van der Waals surface area contributed by atoms with E-state index in [-0.39, 0.29) is 11.4 Å².